The number of nitrogens with zero attached hydrogens (tertiary/aromatic N) is 3. The summed E-state index contributed by atoms with van der Waals surface area (Å²) in [4.78, 5) is 22.0. The van der Waals surface area contributed by atoms with E-state index in [1.165, 1.54) is 25.3 Å². The van der Waals surface area contributed by atoms with E-state index in [1.807, 2.05) is 4.90 Å². The van der Waals surface area contributed by atoms with Crippen LogP contribution in [0, 0.1) is 0 Å². The van der Waals surface area contributed by atoms with Crippen molar-refractivity contribution in [3.05, 3.63) is 41.9 Å². The first-order valence-electron chi connectivity index (χ1n) is 8.53. The number of carbonyl (C=O) groups is 1. The summed E-state index contributed by atoms with van der Waals surface area (Å²) in [6.07, 6.45) is 1.58. The summed E-state index contributed by atoms with van der Waals surface area (Å²) in [5, 5.41) is 0. The van der Waals surface area contributed by atoms with Crippen molar-refractivity contribution >= 4 is 21.7 Å². The number of methoxy groups -OCH3 is 1. The van der Waals surface area contributed by atoms with Crippen LogP contribution in [0.25, 0.3) is 0 Å². The standard InChI is InChI=1S/C17H21N5O5S/c1-26-14-3-2-12(10-13(14)17(18)23)28(24,25)20-11-15-19-5-4-16(21-15)22-6-8-27-9-7-22/h2-5,10,20H,6-9,11H2,1H3,(H2,18,23). The molecule has 1 aliphatic rings. The Labute approximate surface area is 162 Å². The van der Waals surface area contributed by atoms with E-state index in [-0.39, 0.29) is 22.8 Å². The number of aromatic nitrogens is 2. The second-order valence-electron chi connectivity index (χ2n) is 5.98. The molecule has 0 radical (unpaired) electrons. The third kappa shape index (κ3) is 4.55. The maximum absolute atomic E-state index is 12.6. The summed E-state index contributed by atoms with van der Waals surface area (Å²) in [5.41, 5.74) is 5.27. The van der Waals surface area contributed by atoms with Crippen LogP contribution in [0.3, 0.4) is 0 Å². The number of anilines is 1. The lowest BCUT2D eigenvalue weighted by molar-refractivity contribution is 0.0997. The van der Waals surface area contributed by atoms with Gasteiger partial charge in [0.15, 0.2) is 0 Å². The molecule has 0 unspecified atom stereocenters. The number of amides is 1. The fraction of sp³-hybridized carbons (Fsp3) is 0.353. The van der Waals surface area contributed by atoms with Crippen molar-refractivity contribution in [2.45, 2.75) is 11.4 Å². The number of carbonyl (C=O) groups excluding carboxylic acids is 1. The van der Waals surface area contributed by atoms with Crippen LogP contribution in [-0.4, -0.2) is 57.7 Å². The molecule has 1 saturated heterocycles. The number of nitrogens with one attached hydrogen (secondary N) is 1. The van der Waals surface area contributed by atoms with Crippen molar-refractivity contribution in [3.63, 3.8) is 0 Å². The number of primary amides is 1. The Hall–Kier alpha value is -2.76. The van der Waals surface area contributed by atoms with Gasteiger partial charge in [-0.3, -0.25) is 4.79 Å². The van der Waals surface area contributed by atoms with Crippen LogP contribution in [0.15, 0.2) is 35.4 Å². The van der Waals surface area contributed by atoms with Crippen LogP contribution >= 0.6 is 0 Å². The van der Waals surface area contributed by atoms with E-state index in [0.29, 0.717) is 37.9 Å². The van der Waals surface area contributed by atoms with Gasteiger partial charge in [0, 0.05) is 19.3 Å². The molecule has 2 aromatic rings. The number of rotatable bonds is 7. The summed E-state index contributed by atoms with van der Waals surface area (Å²) in [6, 6.07) is 5.66. The van der Waals surface area contributed by atoms with Gasteiger partial charge in [0.05, 0.1) is 37.3 Å². The number of morpholine rings is 1. The average Bonchev–Trinajstić information content (AvgIpc) is 2.72. The molecule has 1 amide bonds. The van der Waals surface area contributed by atoms with E-state index >= 15 is 0 Å². The van der Waals surface area contributed by atoms with E-state index in [4.69, 9.17) is 15.2 Å². The van der Waals surface area contributed by atoms with E-state index < -0.39 is 15.9 Å². The minimum atomic E-state index is -3.90. The van der Waals surface area contributed by atoms with Crippen LogP contribution in [-0.2, 0) is 21.3 Å². The molecule has 11 heteroatoms. The van der Waals surface area contributed by atoms with Crippen LogP contribution in [0.2, 0.25) is 0 Å². The third-order valence-corrected chi connectivity index (χ3v) is 5.59. The summed E-state index contributed by atoms with van der Waals surface area (Å²) in [5.74, 6) is 0.465. The summed E-state index contributed by atoms with van der Waals surface area (Å²) in [6.45, 7) is 2.56. The monoisotopic (exact) mass is 407 g/mol. The van der Waals surface area contributed by atoms with Crippen molar-refractivity contribution in [1.82, 2.24) is 14.7 Å². The quantitative estimate of drug-likeness (QED) is 0.649. The minimum Gasteiger partial charge on any atom is -0.496 e. The Morgan fingerprint density at radius 3 is 2.75 bits per heavy atom. The summed E-state index contributed by atoms with van der Waals surface area (Å²) >= 11 is 0. The van der Waals surface area contributed by atoms with Crippen molar-refractivity contribution in [2.24, 2.45) is 5.73 Å². The SMILES string of the molecule is COc1ccc(S(=O)(=O)NCc2nccc(N3CCOCC3)n2)cc1C(N)=O. The molecule has 1 aromatic heterocycles. The summed E-state index contributed by atoms with van der Waals surface area (Å²) in [7, 11) is -2.54. The highest BCUT2D eigenvalue weighted by Crippen LogP contribution is 2.22. The number of hydrogen-bond donors (Lipinski definition) is 2. The lowest BCUT2D eigenvalue weighted by Gasteiger charge is -2.27. The largest absolute Gasteiger partial charge is 0.496 e. The van der Waals surface area contributed by atoms with Gasteiger partial charge in [-0.25, -0.2) is 23.1 Å². The topological polar surface area (TPSA) is 137 Å². The van der Waals surface area contributed by atoms with Gasteiger partial charge >= 0.3 is 0 Å². The number of hydrogen-bond acceptors (Lipinski definition) is 8. The Bertz CT molecular complexity index is 960. The van der Waals surface area contributed by atoms with Crippen LogP contribution in [0.5, 0.6) is 5.75 Å². The van der Waals surface area contributed by atoms with Crippen molar-refractivity contribution in [2.75, 3.05) is 38.3 Å². The first-order chi connectivity index (χ1) is 13.4. The van der Waals surface area contributed by atoms with Crippen LogP contribution in [0.4, 0.5) is 5.82 Å². The molecule has 0 bridgehead atoms. The first-order valence-corrected chi connectivity index (χ1v) is 10.0. The van der Waals surface area contributed by atoms with Gasteiger partial charge in [0.2, 0.25) is 10.0 Å². The molecule has 0 spiro atoms. The fourth-order valence-corrected chi connectivity index (χ4v) is 3.74. The van der Waals surface area contributed by atoms with E-state index in [2.05, 4.69) is 14.7 Å². The molecular formula is C17H21N5O5S. The molecule has 1 fully saturated rings. The molecule has 150 valence electrons. The number of sulfonamides is 1. The highest BCUT2D eigenvalue weighted by Gasteiger charge is 2.19. The van der Waals surface area contributed by atoms with Crippen molar-refractivity contribution in [3.8, 4) is 5.75 Å². The molecule has 0 saturated carbocycles. The van der Waals surface area contributed by atoms with Crippen LogP contribution in [0.1, 0.15) is 16.2 Å². The van der Waals surface area contributed by atoms with Gasteiger partial charge in [-0.05, 0) is 24.3 Å². The van der Waals surface area contributed by atoms with Gasteiger partial charge in [-0.15, -0.1) is 0 Å². The average molecular weight is 407 g/mol. The van der Waals surface area contributed by atoms with Gasteiger partial charge < -0.3 is 20.1 Å². The maximum atomic E-state index is 12.6. The molecular weight excluding hydrogens is 386 g/mol. The Morgan fingerprint density at radius 2 is 2.07 bits per heavy atom. The molecule has 2 heterocycles. The zero-order valence-electron chi connectivity index (χ0n) is 15.3. The molecule has 1 aromatic carbocycles. The second kappa shape index (κ2) is 8.50. The lowest BCUT2D eigenvalue weighted by Crippen LogP contribution is -2.37. The molecule has 0 atom stereocenters. The molecule has 0 aliphatic carbocycles. The zero-order valence-corrected chi connectivity index (χ0v) is 16.1. The molecule has 1 aliphatic heterocycles. The molecule has 3 N–H and O–H groups in total. The Balaban J connectivity index is 1.75. The predicted molar refractivity (Wildman–Crippen MR) is 101 cm³/mol. The van der Waals surface area contributed by atoms with Crippen molar-refractivity contribution in [1.29, 1.82) is 0 Å². The second-order valence-corrected chi connectivity index (χ2v) is 7.75. The van der Waals surface area contributed by atoms with E-state index in [9.17, 15) is 13.2 Å². The van der Waals surface area contributed by atoms with Gasteiger partial charge in [0.1, 0.15) is 17.4 Å². The third-order valence-electron chi connectivity index (χ3n) is 4.19. The van der Waals surface area contributed by atoms with Crippen molar-refractivity contribution < 1.29 is 22.7 Å². The van der Waals surface area contributed by atoms with Crippen LogP contribution < -0.4 is 20.1 Å². The normalized spacial score (nSPS) is 14.7. The molecule has 3 rings (SSSR count). The fourth-order valence-electron chi connectivity index (χ4n) is 2.73. The van der Waals surface area contributed by atoms with Gasteiger partial charge in [-0.2, -0.15) is 0 Å². The first kappa shape index (κ1) is 20.0. The number of benzene rings is 1. The van der Waals surface area contributed by atoms with E-state index in [1.54, 1.807) is 12.3 Å². The highest BCUT2D eigenvalue weighted by atomic mass is 32.2. The number of nitrogens with two attached hydrogens (primary N) is 1. The highest BCUT2D eigenvalue weighted by molar-refractivity contribution is 7.89. The maximum Gasteiger partial charge on any atom is 0.252 e. The summed E-state index contributed by atoms with van der Waals surface area (Å²) < 4.78 is 37.9. The Morgan fingerprint density at radius 1 is 1.32 bits per heavy atom. The number of ether oxygens (including phenoxy) is 2. The zero-order chi connectivity index (χ0) is 20.1. The smallest absolute Gasteiger partial charge is 0.252 e. The Kier molecular flexibility index (Phi) is 6.07. The lowest BCUT2D eigenvalue weighted by atomic mass is 10.2. The molecule has 10 nitrogen and oxygen atoms in total. The van der Waals surface area contributed by atoms with Gasteiger partial charge in [0.25, 0.3) is 5.91 Å². The van der Waals surface area contributed by atoms with Gasteiger partial charge in [-0.1, -0.05) is 0 Å². The molecule has 28 heavy (non-hydrogen) atoms. The predicted octanol–water partition coefficient (Wildman–Crippen LogP) is -0.101. The van der Waals surface area contributed by atoms with E-state index in [0.717, 1.165) is 0 Å². The minimum absolute atomic E-state index is 0.0176.